The van der Waals surface area contributed by atoms with Gasteiger partial charge in [0.05, 0.1) is 12.2 Å². The summed E-state index contributed by atoms with van der Waals surface area (Å²) in [6.07, 6.45) is 1.65. The maximum atomic E-state index is 12.0. The fraction of sp³-hybridized carbons (Fsp3) is 0.188. The molecule has 6 nitrogen and oxygen atoms in total. The standard InChI is InChI=1S/C16H18N4O2/c1-11-6-7-14(12(2)9-11)15(21)19-20-16(22)18-10-13-5-3-4-8-17-13/h3-9H,10H2,1-2H3,(H,19,21)(H2,18,20,22). The summed E-state index contributed by atoms with van der Waals surface area (Å²) >= 11 is 0. The SMILES string of the molecule is Cc1ccc(C(=O)NNC(=O)NCc2ccccn2)c(C)c1. The number of nitrogens with zero attached hydrogens (tertiary/aromatic N) is 1. The van der Waals surface area contributed by atoms with E-state index in [1.165, 1.54) is 0 Å². The van der Waals surface area contributed by atoms with Gasteiger partial charge in [-0.25, -0.2) is 10.2 Å². The molecule has 22 heavy (non-hydrogen) atoms. The number of hydrogen-bond donors (Lipinski definition) is 3. The number of carbonyl (C=O) groups is 2. The summed E-state index contributed by atoms with van der Waals surface area (Å²) in [5, 5.41) is 2.60. The number of benzene rings is 1. The van der Waals surface area contributed by atoms with Gasteiger partial charge in [-0.05, 0) is 37.6 Å². The lowest BCUT2D eigenvalue weighted by molar-refractivity contribution is 0.0935. The predicted molar refractivity (Wildman–Crippen MR) is 83.0 cm³/mol. The molecule has 3 amide bonds. The van der Waals surface area contributed by atoms with Gasteiger partial charge in [-0.2, -0.15) is 0 Å². The molecule has 0 atom stereocenters. The van der Waals surface area contributed by atoms with Gasteiger partial charge >= 0.3 is 6.03 Å². The van der Waals surface area contributed by atoms with Crippen molar-refractivity contribution in [1.82, 2.24) is 21.2 Å². The molecular weight excluding hydrogens is 280 g/mol. The van der Waals surface area contributed by atoms with Crippen LogP contribution in [0.3, 0.4) is 0 Å². The van der Waals surface area contributed by atoms with Crippen LogP contribution in [0.2, 0.25) is 0 Å². The van der Waals surface area contributed by atoms with E-state index in [1.54, 1.807) is 24.4 Å². The summed E-state index contributed by atoms with van der Waals surface area (Å²) in [7, 11) is 0. The van der Waals surface area contributed by atoms with E-state index in [2.05, 4.69) is 21.2 Å². The van der Waals surface area contributed by atoms with Crippen LogP contribution in [-0.2, 0) is 6.54 Å². The Kier molecular flexibility index (Phi) is 5.08. The number of rotatable bonds is 3. The topological polar surface area (TPSA) is 83.1 Å². The monoisotopic (exact) mass is 298 g/mol. The van der Waals surface area contributed by atoms with Crippen LogP contribution in [-0.4, -0.2) is 16.9 Å². The number of carbonyl (C=O) groups excluding carboxylic acids is 2. The minimum Gasteiger partial charge on any atom is -0.331 e. The third-order valence-electron chi connectivity index (χ3n) is 3.07. The molecule has 3 N–H and O–H groups in total. The summed E-state index contributed by atoms with van der Waals surface area (Å²) in [6.45, 7) is 4.09. The van der Waals surface area contributed by atoms with Crippen LogP contribution in [0.5, 0.6) is 0 Å². The molecule has 0 aliphatic heterocycles. The first-order valence-corrected chi connectivity index (χ1v) is 6.87. The van der Waals surface area contributed by atoms with Gasteiger partial charge in [-0.3, -0.25) is 15.2 Å². The van der Waals surface area contributed by atoms with Crippen molar-refractivity contribution in [3.63, 3.8) is 0 Å². The molecule has 0 aliphatic carbocycles. The minimum atomic E-state index is -0.497. The Bertz CT molecular complexity index is 671. The fourth-order valence-corrected chi connectivity index (χ4v) is 1.97. The highest BCUT2D eigenvalue weighted by molar-refractivity contribution is 5.96. The van der Waals surface area contributed by atoms with Crippen molar-refractivity contribution in [2.75, 3.05) is 0 Å². The van der Waals surface area contributed by atoms with Gasteiger partial charge < -0.3 is 5.32 Å². The summed E-state index contributed by atoms with van der Waals surface area (Å²) in [4.78, 5) is 27.7. The van der Waals surface area contributed by atoms with E-state index in [0.29, 0.717) is 5.56 Å². The average Bonchev–Trinajstić information content (AvgIpc) is 2.51. The molecule has 1 heterocycles. The molecule has 0 fully saturated rings. The Labute approximate surface area is 128 Å². The fourth-order valence-electron chi connectivity index (χ4n) is 1.97. The highest BCUT2D eigenvalue weighted by Gasteiger charge is 2.09. The first kappa shape index (κ1) is 15.5. The van der Waals surface area contributed by atoms with Crippen molar-refractivity contribution in [3.05, 3.63) is 65.0 Å². The van der Waals surface area contributed by atoms with Crippen LogP contribution in [0.4, 0.5) is 4.79 Å². The second-order valence-electron chi connectivity index (χ2n) is 4.90. The Morgan fingerprint density at radius 3 is 2.59 bits per heavy atom. The maximum Gasteiger partial charge on any atom is 0.333 e. The molecule has 6 heteroatoms. The van der Waals surface area contributed by atoms with Gasteiger partial charge in [0.15, 0.2) is 0 Å². The Morgan fingerprint density at radius 2 is 1.91 bits per heavy atom. The zero-order valence-electron chi connectivity index (χ0n) is 12.5. The quantitative estimate of drug-likeness (QED) is 0.756. The molecule has 1 aromatic heterocycles. The van der Waals surface area contributed by atoms with Crippen molar-refractivity contribution in [2.45, 2.75) is 20.4 Å². The average molecular weight is 298 g/mol. The van der Waals surface area contributed by atoms with Gasteiger partial charge in [-0.1, -0.05) is 23.8 Å². The summed E-state index contributed by atoms with van der Waals surface area (Å²) < 4.78 is 0. The number of pyridine rings is 1. The second-order valence-corrected chi connectivity index (χ2v) is 4.90. The molecule has 1 aromatic carbocycles. The number of aryl methyl sites for hydroxylation is 2. The van der Waals surface area contributed by atoms with Crippen molar-refractivity contribution in [1.29, 1.82) is 0 Å². The highest BCUT2D eigenvalue weighted by Crippen LogP contribution is 2.09. The number of hydrogen-bond acceptors (Lipinski definition) is 3. The van der Waals surface area contributed by atoms with E-state index in [0.717, 1.165) is 16.8 Å². The number of nitrogens with one attached hydrogen (secondary N) is 3. The van der Waals surface area contributed by atoms with E-state index in [9.17, 15) is 9.59 Å². The maximum absolute atomic E-state index is 12.0. The highest BCUT2D eigenvalue weighted by atomic mass is 16.2. The summed E-state index contributed by atoms with van der Waals surface area (Å²) in [5.41, 5.74) is 7.88. The molecule has 0 bridgehead atoms. The Hall–Kier alpha value is -2.89. The predicted octanol–water partition coefficient (Wildman–Crippen LogP) is 1.84. The van der Waals surface area contributed by atoms with Crippen LogP contribution < -0.4 is 16.2 Å². The lowest BCUT2D eigenvalue weighted by Crippen LogP contribution is -2.46. The van der Waals surface area contributed by atoms with Crippen molar-refractivity contribution in [3.8, 4) is 0 Å². The van der Waals surface area contributed by atoms with E-state index < -0.39 is 6.03 Å². The minimum absolute atomic E-state index is 0.284. The zero-order chi connectivity index (χ0) is 15.9. The molecule has 2 aromatic rings. The number of amides is 3. The number of urea groups is 1. The van der Waals surface area contributed by atoms with E-state index in [1.807, 2.05) is 32.0 Å². The van der Waals surface area contributed by atoms with Gasteiger partial charge in [0.1, 0.15) is 0 Å². The normalized spacial score (nSPS) is 9.91. The van der Waals surface area contributed by atoms with Gasteiger partial charge in [0.2, 0.25) is 0 Å². The Morgan fingerprint density at radius 1 is 1.09 bits per heavy atom. The van der Waals surface area contributed by atoms with Gasteiger partial charge in [-0.15, -0.1) is 0 Å². The lowest BCUT2D eigenvalue weighted by Gasteiger charge is -2.10. The number of hydrazine groups is 1. The molecule has 0 saturated heterocycles. The third kappa shape index (κ3) is 4.31. The molecular formula is C16H18N4O2. The zero-order valence-corrected chi connectivity index (χ0v) is 12.5. The van der Waals surface area contributed by atoms with Crippen LogP contribution in [0.1, 0.15) is 27.2 Å². The first-order valence-electron chi connectivity index (χ1n) is 6.87. The number of aromatic nitrogens is 1. The van der Waals surface area contributed by atoms with Crippen LogP contribution in [0.15, 0.2) is 42.6 Å². The molecule has 2 rings (SSSR count). The van der Waals surface area contributed by atoms with Crippen molar-refractivity contribution >= 4 is 11.9 Å². The molecule has 0 aliphatic rings. The van der Waals surface area contributed by atoms with Crippen LogP contribution >= 0.6 is 0 Å². The largest absolute Gasteiger partial charge is 0.333 e. The lowest BCUT2D eigenvalue weighted by atomic mass is 10.1. The molecule has 0 saturated carbocycles. The van der Waals surface area contributed by atoms with E-state index in [4.69, 9.17) is 0 Å². The smallest absolute Gasteiger partial charge is 0.331 e. The van der Waals surface area contributed by atoms with E-state index >= 15 is 0 Å². The van der Waals surface area contributed by atoms with Crippen LogP contribution in [0.25, 0.3) is 0 Å². The molecule has 0 unspecified atom stereocenters. The van der Waals surface area contributed by atoms with Crippen molar-refractivity contribution < 1.29 is 9.59 Å². The van der Waals surface area contributed by atoms with Crippen LogP contribution in [0, 0.1) is 13.8 Å². The molecule has 114 valence electrons. The van der Waals surface area contributed by atoms with E-state index in [-0.39, 0.29) is 12.5 Å². The summed E-state index contributed by atoms with van der Waals surface area (Å²) in [5.74, 6) is -0.356. The molecule has 0 radical (unpaired) electrons. The first-order chi connectivity index (χ1) is 10.6. The second kappa shape index (κ2) is 7.21. The van der Waals surface area contributed by atoms with Crippen molar-refractivity contribution in [2.24, 2.45) is 0 Å². The molecule has 0 spiro atoms. The van der Waals surface area contributed by atoms with Gasteiger partial charge in [0.25, 0.3) is 5.91 Å². The summed E-state index contributed by atoms with van der Waals surface area (Å²) in [6, 6.07) is 10.4. The Balaban J connectivity index is 1.82. The third-order valence-corrected chi connectivity index (χ3v) is 3.07. The van der Waals surface area contributed by atoms with Gasteiger partial charge in [0, 0.05) is 11.8 Å².